The van der Waals surface area contributed by atoms with Crippen LogP contribution in [0.2, 0.25) is 0 Å². The number of nitrogens with zero attached hydrogens (tertiary/aromatic N) is 1. The second-order valence-corrected chi connectivity index (χ2v) is 5.72. The molecule has 1 aliphatic heterocycles. The zero-order valence-electron chi connectivity index (χ0n) is 14.0. The highest BCUT2D eigenvalue weighted by Gasteiger charge is 2.29. The lowest BCUT2D eigenvalue weighted by atomic mass is 9.96. The van der Waals surface area contributed by atoms with Gasteiger partial charge in [0.1, 0.15) is 0 Å². The van der Waals surface area contributed by atoms with Gasteiger partial charge in [-0.25, -0.2) is 4.79 Å². The summed E-state index contributed by atoms with van der Waals surface area (Å²) >= 11 is 0. The van der Waals surface area contributed by atoms with E-state index >= 15 is 0 Å². The molecule has 8 nitrogen and oxygen atoms in total. The number of hydrogen-bond acceptors (Lipinski definition) is 5. The Hall–Kier alpha value is -2.90. The van der Waals surface area contributed by atoms with E-state index in [1.807, 2.05) is 0 Å². The number of carbonyl (C=O) groups is 4. The zero-order chi connectivity index (χ0) is 18.4. The summed E-state index contributed by atoms with van der Waals surface area (Å²) in [6, 6.07) is 6.07. The Morgan fingerprint density at radius 3 is 2.28 bits per heavy atom. The number of rotatable bonds is 4. The first-order valence-electron chi connectivity index (χ1n) is 8.09. The van der Waals surface area contributed by atoms with Crippen LogP contribution in [-0.2, 0) is 19.1 Å². The zero-order valence-corrected chi connectivity index (χ0v) is 14.0. The van der Waals surface area contributed by atoms with Crippen LogP contribution in [0.5, 0.6) is 0 Å². The van der Waals surface area contributed by atoms with E-state index in [9.17, 15) is 19.2 Å². The molecule has 0 aliphatic carbocycles. The van der Waals surface area contributed by atoms with Gasteiger partial charge in [0, 0.05) is 24.7 Å². The number of benzene rings is 1. The number of ether oxygens (including phenoxy) is 1. The summed E-state index contributed by atoms with van der Waals surface area (Å²) in [4.78, 5) is 48.3. The average molecular weight is 347 g/mol. The van der Waals surface area contributed by atoms with Crippen LogP contribution < -0.4 is 11.1 Å². The van der Waals surface area contributed by atoms with Gasteiger partial charge in [-0.2, -0.15) is 0 Å². The molecule has 1 aromatic carbocycles. The number of nitrogens with one attached hydrogen (secondary N) is 1. The first-order chi connectivity index (χ1) is 11.9. The second kappa shape index (κ2) is 8.27. The number of carbonyl (C=O) groups excluding carboxylic acids is 4. The molecule has 1 heterocycles. The number of esters is 1. The van der Waals surface area contributed by atoms with E-state index in [2.05, 4.69) is 5.32 Å². The number of piperidine rings is 1. The molecule has 3 amide bonds. The molecule has 25 heavy (non-hydrogen) atoms. The fourth-order valence-corrected chi connectivity index (χ4v) is 2.60. The van der Waals surface area contributed by atoms with Crippen molar-refractivity contribution in [2.24, 2.45) is 11.7 Å². The van der Waals surface area contributed by atoms with Gasteiger partial charge in [0.15, 0.2) is 0 Å². The van der Waals surface area contributed by atoms with Gasteiger partial charge >= 0.3 is 17.8 Å². The smallest absolute Gasteiger partial charge is 0.338 e. The maximum Gasteiger partial charge on any atom is 0.338 e. The van der Waals surface area contributed by atoms with E-state index in [0.29, 0.717) is 37.2 Å². The van der Waals surface area contributed by atoms with Gasteiger partial charge in [-0.3, -0.25) is 14.4 Å². The molecule has 0 unspecified atom stereocenters. The van der Waals surface area contributed by atoms with Crippen LogP contribution in [0.3, 0.4) is 0 Å². The molecule has 0 radical (unpaired) electrons. The first-order valence-corrected chi connectivity index (χ1v) is 8.09. The van der Waals surface area contributed by atoms with E-state index < -0.39 is 17.8 Å². The molecule has 0 saturated carbocycles. The molecular weight excluding hydrogens is 326 g/mol. The minimum atomic E-state index is -0.763. The Kier molecular flexibility index (Phi) is 6.10. The predicted molar refractivity (Wildman–Crippen MR) is 89.5 cm³/mol. The SMILES string of the molecule is CCOC(=O)c1ccc(NC(=O)C(=O)N2CCC(C(N)=O)CC2)cc1. The molecule has 1 fully saturated rings. The molecule has 134 valence electrons. The monoisotopic (exact) mass is 347 g/mol. The molecule has 0 bridgehead atoms. The van der Waals surface area contributed by atoms with Gasteiger partial charge in [-0.1, -0.05) is 0 Å². The highest BCUT2D eigenvalue weighted by molar-refractivity contribution is 6.39. The van der Waals surface area contributed by atoms with Crippen molar-refractivity contribution in [1.29, 1.82) is 0 Å². The summed E-state index contributed by atoms with van der Waals surface area (Å²) in [6.45, 7) is 2.63. The number of primary amides is 1. The molecular formula is C17H21N3O5. The van der Waals surface area contributed by atoms with E-state index in [1.54, 1.807) is 6.92 Å². The van der Waals surface area contributed by atoms with Crippen LogP contribution in [-0.4, -0.2) is 48.3 Å². The topological polar surface area (TPSA) is 119 Å². The maximum absolute atomic E-state index is 12.2. The van der Waals surface area contributed by atoms with Crippen molar-refractivity contribution in [2.75, 3.05) is 25.0 Å². The summed E-state index contributed by atoms with van der Waals surface area (Å²) in [5.74, 6) is -2.49. The molecule has 1 saturated heterocycles. The maximum atomic E-state index is 12.2. The molecule has 8 heteroatoms. The minimum Gasteiger partial charge on any atom is -0.462 e. The van der Waals surface area contributed by atoms with Crippen molar-refractivity contribution in [3.8, 4) is 0 Å². The third-order valence-corrected chi connectivity index (χ3v) is 4.03. The van der Waals surface area contributed by atoms with Crippen molar-refractivity contribution in [1.82, 2.24) is 4.90 Å². The molecule has 3 N–H and O–H groups in total. The lowest BCUT2D eigenvalue weighted by Gasteiger charge is -2.29. The highest BCUT2D eigenvalue weighted by Crippen LogP contribution is 2.17. The first kappa shape index (κ1) is 18.4. The van der Waals surface area contributed by atoms with Crippen molar-refractivity contribution in [2.45, 2.75) is 19.8 Å². The van der Waals surface area contributed by atoms with Gasteiger partial charge in [-0.15, -0.1) is 0 Å². The Morgan fingerprint density at radius 2 is 1.76 bits per heavy atom. The molecule has 0 spiro atoms. The summed E-state index contributed by atoms with van der Waals surface area (Å²) in [5.41, 5.74) is 6.01. The summed E-state index contributed by atoms with van der Waals surface area (Å²) in [6.07, 6.45) is 0.922. The summed E-state index contributed by atoms with van der Waals surface area (Å²) in [5, 5.41) is 2.50. The fourth-order valence-electron chi connectivity index (χ4n) is 2.60. The Morgan fingerprint density at radius 1 is 1.16 bits per heavy atom. The van der Waals surface area contributed by atoms with Crippen molar-refractivity contribution in [3.05, 3.63) is 29.8 Å². The van der Waals surface area contributed by atoms with Crippen LogP contribution in [0.4, 0.5) is 5.69 Å². The molecule has 0 aromatic heterocycles. The Balaban J connectivity index is 1.90. The second-order valence-electron chi connectivity index (χ2n) is 5.72. The van der Waals surface area contributed by atoms with E-state index in [0.717, 1.165) is 0 Å². The summed E-state index contributed by atoms with van der Waals surface area (Å²) < 4.78 is 4.87. The number of nitrogens with two attached hydrogens (primary N) is 1. The molecule has 0 atom stereocenters. The lowest BCUT2D eigenvalue weighted by Crippen LogP contribution is -2.46. The van der Waals surface area contributed by atoms with Gasteiger partial charge < -0.3 is 20.7 Å². The number of amides is 3. The lowest BCUT2D eigenvalue weighted by molar-refractivity contribution is -0.144. The number of hydrogen-bond donors (Lipinski definition) is 2. The summed E-state index contributed by atoms with van der Waals surface area (Å²) in [7, 11) is 0. The van der Waals surface area contributed by atoms with E-state index in [1.165, 1.54) is 29.2 Å². The predicted octanol–water partition coefficient (Wildman–Crippen LogP) is 0.526. The van der Waals surface area contributed by atoms with Crippen LogP contribution in [0.1, 0.15) is 30.1 Å². The van der Waals surface area contributed by atoms with Crippen molar-refractivity contribution >= 4 is 29.4 Å². The van der Waals surface area contributed by atoms with Crippen molar-refractivity contribution in [3.63, 3.8) is 0 Å². The highest BCUT2D eigenvalue weighted by atomic mass is 16.5. The largest absolute Gasteiger partial charge is 0.462 e. The molecule has 1 aliphatic rings. The van der Waals surface area contributed by atoms with Gasteiger partial charge in [0.05, 0.1) is 12.2 Å². The van der Waals surface area contributed by atoms with Gasteiger partial charge in [-0.05, 0) is 44.0 Å². The number of likely N-dealkylation sites (tertiary alicyclic amines) is 1. The minimum absolute atomic E-state index is 0.248. The average Bonchev–Trinajstić information content (AvgIpc) is 2.62. The Labute approximate surface area is 145 Å². The van der Waals surface area contributed by atoms with Crippen LogP contribution in [0.25, 0.3) is 0 Å². The van der Waals surface area contributed by atoms with Crippen LogP contribution >= 0.6 is 0 Å². The van der Waals surface area contributed by atoms with E-state index in [4.69, 9.17) is 10.5 Å². The Bertz CT molecular complexity index is 663. The molecule has 1 aromatic rings. The van der Waals surface area contributed by atoms with Gasteiger partial charge in [0.25, 0.3) is 0 Å². The number of anilines is 1. The molecule has 2 rings (SSSR count). The quantitative estimate of drug-likeness (QED) is 0.608. The van der Waals surface area contributed by atoms with Crippen LogP contribution in [0.15, 0.2) is 24.3 Å². The van der Waals surface area contributed by atoms with Crippen LogP contribution in [0, 0.1) is 5.92 Å². The standard InChI is InChI=1S/C17H21N3O5/c1-2-25-17(24)12-3-5-13(6-4-12)19-15(22)16(23)20-9-7-11(8-10-20)14(18)21/h3-6,11H,2,7-10H2,1H3,(H2,18,21)(H,19,22). The van der Waals surface area contributed by atoms with E-state index in [-0.39, 0.29) is 18.4 Å². The van der Waals surface area contributed by atoms with Gasteiger partial charge in [0.2, 0.25) is 5.91 Å². The fraction of sp³-hybridized carbons (Fsp3) is 0.412. The van der Waals surface area contributed by atoms with Crippen molar-refractivity contribution < 1.29 is 23.9 Å². The normalized spacial score (nSPS) is 14.7. The third kappa shape index (κ3) is 4.79. The third-order valence-electron chi connectivity index (χ3n) is 4.03.